The number of carbonyl (C=O) groups excluding carboxylic acids is 1. The second-order valence-electron chi connectivity index (χ2n) is 7.59. The quantitative estimate of drug-likeness (QED) is 0.497. The van der Waals surface area contributed by atoms with Gasteiger partial charge in [-0.05, 0) is 55.9 Å². The number of aryl methyl sites for hydroxylation is 2. The molecule has 1 aliphatic rings. The minimum Gasteiger partial charge on any atom is -0.342 e. The van der Waals surface area contributed by atoms with E-state index in [4.69, 9.17) is 0 Å². The van der Waals surface area contributed by atoms with E-state index in [2.05, 4.69) is 48.0 Å². The van der Waals surface area contributed by atoms with Crippen LogP contribution in [-0.2, 0) is 4.79 Å². The monoisotopic (exact) mass is 395 g/mol. The molecular weight excluding hydrogens is 370 g/mol. The van der Waals surface area contributed by atoms with Gasteiger partial charge in [0, 0.05) is 13.1 Å². The summed E-state index contributed by atoms with van der Waals surface area (Å²) in [6.07, 6.45) is 5.53. The Morgan fingerprint density at radius 2 is 1.96 bits per heavy atom. The molecule has 3 aromatic rings. The summed E-state index contributed by atoms with van der Waals surface area (Å²) in [4.78, 5) is 23.4. The van der Waals surface area contributed by atoms with E-state index in [1.54, 1.807) is 12.5 Å². The highest BCUT2D eigenvalue weighted by molar-refractivity contribution is 8.00. The molecule has 28 heavy (non-hydrogen) atoms. The third-order valence-electron chi connectivity index (χ3n) is 5.53. The Morgan fingerprint density at radius 3 is 2.71 bits per heavy atom. The number of amides is 1. The number of likely N-dealkylation sites (tertiary alicyclic amines) is 1. The van der Waals surface area contributed by atoms with Crippen LogP contribution in [0.2, 0.25) is 0 Å². The molecule has 2 aromatic heterocycles. The summed E-state index contributed by atoms with van der Waals surface area (Å²) in [5.74, 6) is 1.30. The molecule has 0 N–H and O–H groups in total. The Kier molecular flexibility index (Phi) is 5.35. The lowest BCUT2D eigenvalue weighted by atomic mass is 9.99. The van der Waals surface area contributed by atoms with E-state index in [9.17, 15) is 4.79 Å². The van der Waals surface area contributed by atoms with Crippen LogP contribution in [0.4, 0.5) is 0 Å². The van der Waals surface area contributed by atoms with Crippen LogP contribution in [0.15, 0.2) is 35.7 Å². The first-order valence-corrected chi connectivity index (χ1v) is 10.7. The van der Waals surface area contributed by atoms with Crippen LogP contribution in [0, 0.1) is 19.8 Å². The van der Waals surface area contributed by atoms with E-state index in [0.29, 0.717) is 5.75 Å². The first kappa shape index (κ1) is 18.9. The Morgan fingerprint density at radius 1 is 1.18 bits per heavy atom. The number of hydrogen-bond donors (Lipinski definition) is 0. The van der Waals surface area contributed by atoms with E-state index in [1.165, 1.54) is 22.9 Å². The fourth-order valence-electron chi connectivity index (χ4n) is 3.46. The van der Waals surface area contributed by atoms with Gasteiger partial charge in [-0.3, -0.25) is 4.79 Å². The van der Waals surface area contributed by atoms with Gasteiger partial charge >= 0.3 is 0 Å². The van der Waals surface area contributed by atoms with Crippen molar-refractivity contribution in [2.45, 2.75) is 38.6 Å². The molecule has 0 bridgehead atoms. The third-order valence-corrected chi connectivity index (χ3v) is 6.52. The van der Waals surface area contributed by atoms with Crippen molar-refractivity contribution in [2.24, 2.45) is 5.92 Å². The Labute approximate surface area is 169 Å². The average Bonchev–Trinajstić information content (AvgIpc) is 3.13. The molecule has 0 atom stereocenters. The minimum atomic E-state index is 0.185. The molecule has 3 heterocycles. The average molecular weight is 396 g/mol. The first-order valence-electron chi connectivity index (χ1n) is 9.70. The van der Waals surface area contributed by atoms with Gasteiger partial charge in [-0.25, -0.2) is 14.6 Å². The molecule has 6 nitrogen and oxygen atoms in total. The van der Waals surface area contributed by atoms with Crippen LogP contribution in [-0.4, -0.2) is 49.4 Å². The number of fused-ring (bicyclic) bond motifs is 1. The van der Waals surface area contributed by atoms with Crippen LogP contribution in [0.3, 0.4) is 0 Å². The highest BCUT2D eigenvalue weighted by atomic mass is 32.2. The lowest BCUT2D eigenvalue weighted by molar-refractivity contribution is -0.129. The summed E-state index contributed by atoms with van der Waals surface area (Å²) in [5, 5.41) is 6.21. The van der Waals surface area contributed by atoms with Gasteiger partial charge in [0.15, 0.2) is 5.65 Å². The Hall–Kier alpha value is -2.41. The molecule has 0 saturated carbocycles. The number of piperidine rings is 1. The second-order valence-corrected chi connectivity index (χ2v) is 8.56. The number of rotatable bonds is 4. The molecule has 1 fully saturated rings. The third kappa shape index (κ3) is 3.76. The van der Waals surface area contributed by atoms with E-state index < -0.39 is 0 Å². The number of carbonyl (C=O) groups is 1. The minimum absolute atomic E-state index is 0.185. The fourth-order valence-corrected chi connectivity index (χ4v) is 4.33. The smallest absolute Gasteiger partial charge is 0.232 e. The highest BCUT2D eigenvalue weighted by Gasteiger charge is 2.21. The maximum absolute atomic E-state index is 12.6. The van der Waals surface area contributed by atoms with Crippen molar-refractivity contribution >= 4 is 28.7 Å². The molecule has 7 heteroatoms. The molecule has 1 amide bonds. The summed E-state index contributed by atoms with van der Waals surface area (Å²) < 4.78 is 1.83. The lowest BCUT2D eigenvalue weighted by Crippen LogP contribution is -2.38. The van der Waals surface area contributed by atoms with Crippen LogP contribution in [0.1, 0.15) is 30.9 Å². The van der Waals surface area contributed by atoms with Gasteiger partial charge in [0.2, 0.25) is 5.91 Å². The molecule has 1 aliphatic heterocycles. The summed E-state index contributed by atoms with van der Waals surface area (Å²) in [6.45, 7) is 8.17. The van der Waals surface area contributed by atoms with Gasteiger partial charge in [-0.2, -0.15) is 5.10 Å². The Bertz CT molecular complexity index is 1010. The van der Waals surface area contributed by atoms with Crippen LogP contribution in [0.5, 0.6) is 0 Å². The van der Waals surface area contributed by atoms with Gasteiger partial charge in [0.05, 0.1) is 23.0 Å². The van der Waals surface area contributed by atoms with Crippen molar-refractivity contribution in [3.8, 4) is 5.69 Å². The molecule has 0 aliphatic carbocycles. The second kappa shape index (κ2) is 7.91. The largest absolute Gasteiger partial charge is 0.342 e. The lowest BCUT2D eigenvalue weighted by Gasteiger charge is -2.30. The molecule has 146 valence electrons. The molecule has 0 unspecified atom stereocenters. The maximum Gasteiger partial charge on any atom is 0.232 e. The van der Waals surface area contributed by atoms with Crippen molar-refractivity contribution < 1.29 is 4.79 Å². The molecule has 0 radical (unpaired) electrons. The van der Waals surface area contributed by atoms with Crippen molar-refractivity contribution in [3.05, 3.63) is 41.9 Å². The van der Waals surface area contributed by atoms with Crippen LogP contribution >= 0.6 is 11.8 Å². The molecule has 1 saturated heterocycles. The van der Waals surface area contributed by atoms with Crippen molar-refractivity contribution in [2.75, 3.05) is 18.8 Å². The van der Waals surface area contributed by atoms with Crippen LogP contribution < -0.4 is 0 Å². The van der Waals surface area contributed by atoms with E-state index in [1.807, 2.05) is 15.6 Å². The Balaban J connectivity index is 1.53. The van der Waals surface area contributed by atoms with Gasteiger partial charge < -0.3 is 4.90 Å². The normalized spacial score (nSPS) is 15.3. The number of benzene rings is 1. The summed E-state index contributed by atoms with van der Waals surface area (Å²) >= 11 is 1.47. The zero-order valence-electron chi connectivity index (χ0n) is 16.6. The topological polar surface area (TPSA) is 63.9 Å². The number of thioether (sulfide) groups is 1. The van der Waals surface area contributed by atoms with Gasteiger partial charge in [-0.15, -0.1) is 0 Å². The van der Waals surface area contributed by atoms with E-state index in [0.717, 1.165) is 53.6 Å². The zero-order chi connectivity index (χ0) is 19.7. The summed E-state index contributed by atoms with van der Waals surface area (Å²) in [5.41, 5.74) is 4.20. The van der Waals surface area contributed by atoms with Gasteiger partial charge in [0.25, 0.3) is 0 Å². The zero-order valence-corrected chi connectivity index (χ0v) is 17.4. The highest BCUT2D eigenvalue weighted by Crippen LogP contribution is 2.27. The standard InChI is InChI=1S/C21H25N5OS/c1-14-6-8-25(9-7-14)19(27)12-28-21-18-11-24-26(20(18)22-13-23-21)17-5-4-15(2)16(3)10-17/h4-5,10-11,13-14H,6-9,12H2,1-3H3. The molecular formula is C21H25N5OS. The predicted octanol–water partition coefficient (Wildman–Crippen LogP) is 3.78. The van der Waals surface area contributed by atoms with Crippen molar-refractivity contribution in [1.82, 2.24) is 24.6 Å². The fraction of sp³-hybridized carbons (Fsp3) is 0.429. The summed E-state index contributed by atoms with van der Waals surface area (Å²) in [7, 11) is 0. The number of nitrogens with zero attached hydrogens (tertiary/aromatic N) is 5. The first-order chi connectivity index (χ1) is 13.5. The van der Waals surface area contributed by atoms with Gasteiger partial charge in [0.1, 0.15) is 11.4 Å². The number of hydrogen-bond acceptors (Lipinski definition) is 5. The van der Waals surface area contributed by atoms with Crippen molar-refractivity contribution in [1.29, 1.82) is 0 Å². The maximum atomic E-state index is 12.6. The molecule has 1 aromatic carbocycles. The van der Waals surface area contributed by atoms with Crippen molar-refractivity contribution in [3.63, 3.8) is 0 Å². The molecule has 0 spiro atoms. The van der Waals surface area contributed by atoms with E-state index in [-0.39, 0.29) is 5.91 Å². The van der Waals surface area contributed by atoms with Gasteiger partial charge in [-0.1, -0.05) is 24.8 Å². The predicted molar refractivity (Wildman–Crippen MR) is 112 cm³/mol. The SMILES string of the molecule is Cc1ccc(-n2ncc3c(SCC(=O)N4CCC(C)CC4)ncnc32)cc1C. The van der Waals surface area contributed by atoms with E-state index >= 15 is 0 Å². The van der Waals surface area contributed by atoms with Crippen LogP contribution in [0.25, 0.3) is 16.7 Å². The molecule has 4 rings (SSSR count). The summed E-state index contributed by atoms with van der Waals surface area (Å²) in [6, 6.07) is 6.25. The number of aromatic nitrogens is 4.